The molecule has 3 rings (SSSR count). The highest BCUT2D eigenvalue weighted by molar-refractivity contribution is 6.11. The van der Waals surface area contributed by atoms with Crippen LogP contribution in [0.15, 0.2) is 52.1 Å². The van der Waals surface area contributed by atoms with Crippen LogP contribution in [-0.2, 0) is 11.4 Å². The zero-order valence-electron chi connectivity index (χ0n) is 15.3. The number of aromatic nitrogens is 2. The smallest absolute Gasteiger partial charge is 0.225 e. The predicted molar refractivity (Wildman–Crippen MR) is 98.4 cm³/mol. The monoisotopic (exact) mass is 351 g/mol. The summed E-state index contributed by atoms with van der Waals surface area (Å²) in [4.78, 5) is 9.26. The van der Waals surface area contributed by atoms with E-state index in [2.05, 4.69) is 27.4 Å². The van der Waals surface area contributed by atoms with Gasteiger partial charge in [-0.15, -0.1) is 0 Å². The summed E-state index contributed by atoms with van der Waals surface area (Å²) in [6.45, 7) is 6.19. The molecule has 3 aromatic rings. The van der Waals surface area contributed by atoms with E-state index >= 15 is 0 Å². The van der Waals surface area contributed by atoms with Gasteiger partial charge < -0.3 is 14.1 Å². The maximum atomic E-state index is 6.05. The van der Waals surface area contributed by atoms with Crippen LogP contribution in [0.25, 0.3) is 0 Å². The maximum Gasteiger partial charge on any atom is 0.225 e. The summed E-state index contributed by atoms with van der Waals surface area (Å²) in [5.41, 5.74) is 4.53. The number of aryl methyl sites for hydroxylation is 3. The summed E-state index contributed by atoms with van der Waals surface area (Å²) in [7, 11) is 1.49. The third-order valence-electron chi connectivity index (χ3n) is 3.92. The van der Waals surface area contributed by atoms with E-state index in [9.17, 15) is 0 Å². The van der Waals surface area contributed by atoms with Crippen molar-refractivity contribution in [2.24, 2.45) is 5.16 Å². The molecular formula is C20H21N3O3. The lowest BCUT2D eigenvalue weighted by molar-refractivity contribution is 0.213. The zero-order chi connectivity index (χ0) is 18.5. The van der Waals surface area contributed by atoms with E-state index in [1.807, 2.05) is 44.2 Å². The van der Waals surface area contributed by atoms with E-state index in [1.165, 1.54) is 7.11 Å². The Kier molecular flexibility index (Phi) is 5.31. The van der Waals surface area contributed by atoms with Crippen molar-refractivity contribution in [1.29, 1.82) is 0 Å². The lowest BCUT2D eigenvalue weighted by Gasteiger charge is -2.13. The second-order valence-electron chi connectivity index (χ2n) is 5.97. The SMILES string of the molecule is CO/N=C(\c1noc(C)n1)c1ccccc1COc1cc(C)ccc1C. The summed E-state index contributed by atoms with van der Waals surface area (Å²) in [6, 6.07) is 14.0. The summed E-state index contributed by atoms with van der Waals surface area (Å²) >= 11 is 0. The maximum absolute atomic E-state index is 6.05. The average Bonchev–Trinajstić information content (AvgIpc) is 3.07. The molecule has 0 saturated carbocycles. The van der Waals surface area contributed by atoms with E-state index in [0.717, 1.165) is 28.0 Å². The first-order valence-electron chi connectivity index (χ1n) is 8.28. The largest absolute Gasteiger partial charge is 0.489 e. The summed E-state index contributed by atoms with van der Waals surface area (Å²) < 4.78 is 11.1. The quantitative estimate of drug-likeness (QED) is 0.496. The van der Waals surface area contributed by atoms with Crippen molar-refractivity contribution in [3.63, 3.8) is 0 Å². The molecule has 6 nitrogen and oxygen atoms in total. The molecule has 0 aliphatic heterocycles. The first-order chi connectivity index (χ1) is 12.6. The predicted octanol–water partition coefficient (Wildman–Crippen LogP) is 3.97. The molecule has 0 atom stereocenters. The molecule has 0 N–H and O–H groups in total. The molecule has 0 radical (unpaired) electrons. The van der Waals surface area contributed by atoms with Crippen molar-refractivity contribution in [3.8, 4) is 5.75 Å². The number of ether oxygens (including phenoxy) is 1. The lowest BCUT2D eigenvalue weighted by atomic mass is 10.0. The van der Waals surface area contributed by atoms with Gasteiger partial charge in [0, 0.05) is 12.5 Å². The van der Waals surface area contributed by atoms with Gasteiger partial charge in [-0.05, 0) is 36.6 Å². The Morgan fingerprint density at radius 1 is 1.12 bits per heavy atom. The minimum Gasteiger partial charge on any atom is -0.489 e. The Balaban J connectivity index is 1.92. The number of hydrogen-bond donors (Lipinski definition) is 0. The Bertz CT molecular complexity index is 932. The van der Waals surface area contributed by atoms with Crippen molar-refractivity contribution in [1.82, 2.24) is 10.1 Å². The van der Waals surface area contributed by atoms with E-state index < -0.39 is 0 Å². The average molecular weight is 351 g/mol. The molecule has 0 bridgehead atoms. The first-order valence-corrected chi connectivity index (χ1v) is 8.28. The lowest BCUT2D eigenvalue weighted by Crippen LogP contribution is -2.11. The third-order valence-corrected chi connectivity index (χ3v) is 3.92. The topological polar surface area (TPSA) is 69.7 Å². The second-order valence-corrected chi connectivity index (χ2v) is 5.97. The fourth-order valence-electron chi connectivity index (χ4n) is 2.59. The molecule has 0 unspecified atom stereocenters. The van der Waals surface area contributed by atoms with E-state index in [-0.39, 0.29) is 0 Å². The van der Waals surface area contributed by atoms with Crippen LogP contribution in [0.3, 0.4) is 0 Å². The van der Waals surface area contributed by atoms with Crippen LogP contribution in [0.2, 0.25) is 0 Å². The molecule has 1 heterocycles. The number of rotatable bonds is 6. The molecular weight excluding hydrogens is 330 g/mol. The van der Waals surface area contributed by atoms with Gasteiger partial charge in [-0.1, -0.05) is 46.7 Å². The third kappa shape index (κ3) is 3.91. The molecule has 0 aliphatic rings. The highest BCUT2D eigenvalue weighted by atomic mass is 16.6. The molecule has 0 aliphatic carbocycles. The molecule has 0 fully saturated rings. The Morgan fingerprint density at radius 2 is 1.92 bits per heavy atom. The van der Waals surface area contributed by atoms with Crippen LogP contribution in [0.4, 0.5) is 0 Å². The van der Waals surface area contributed by atoms with Crippen molar-refractivity contribution in [3.05, 3.63) is 76.4 Å². The molecule has 0 spiro atoms. The van der Waals surface area contributed by atoms with Gasteiger partial charge in [-0.3, -0.25) is 0 Å². The Hall–Kier alpha value is -3.15. The molecule has 2 aromatic carbocycles. The van der Waals surface area contributed by atoms with Crippen LogP contribution < -0.4 is 4.74 Å². The Labute approximate surface area is 152 Å². The zero-order valence-corrected chi connectivity index (χ0v) is 15.3. The fraction of sp³-hybridized carbons (Fsp3) is 0.250. The van der Waals surface area contributed by atoms with Crippen molar-refractivity contribution < 1.29 is 14.1 Å². The van der Waals surface area contributed by atoms with Gasteiger partial charge in [0.25, 0.3) is 0 Å². The first kappa shape index (κ1) is 17.7. The van der Waals surface area contributed by atoms with Gasteiger partial charge in [0.15, 0.2) is 5.71 Å². The minimum atomic E-state index is 0.378. The van der Waals surface area contributed by atoms with Crippen LogP contribution in [0.1, 0.15) is 34.0 Å². The molecule has 26 heavy (non-hydrogen) atoms. The van der Waals surface area contributed by atoms with Gasteiger partial charge in [-0.25, -0.2) is 0 Å². The van der Waals surface area contributed by atoms with Gasteiger partial charge in [0.2, 0.25) is 11.7 Å². The van der Waals surface area contributed by atoms with E-state index in [1.54, 1.807) is 6.92 Å². The van der Waals surface area contributed by atoms with Crippen LogP contribution in [0.5, 0.6) is 5.75 Å². The van der Waals surface area contributed by atoms with Crippen molar-refractivity contribution >= 4 is 5.71 Å². The standard InChI is InChI=1S/C20H21N3O3/c1-13-9-10-14(2)18(11-13)25-12-16-7-5-6-8-17(16)19(22-24-4)20-21-15(3)26-23-20/h5-11H,12H2,1-4H3/b22-19-. The van der Waals surface area contributed by atoms with Crippen LogP contribution >= 0.6 is 0 Å². The number of benzene rings is 2. The second kappa shape index (κ2) is 7.82. The summed E-state index contributed by atoms with van der Waals surface area (Å²) in [5.74, 6) is 1.71. The van der Waals surface area contributed by atoms with Crippen LogP contribution in [0, 0.1) is 20.8 Å². The Morgan fingerprint density at radius 3 is 2.65 bits per heavy atom. The number of hydrogen-bond acceptors (Lipinski definition) is 6. The molecule has 134 valence electrons. The number of oxime groups is 1. The molecule has 1 aromatic heterocycles. The number of nitrogens with zero attached hydrogens (tertiary/aromatic N) is 3. The van der Waals surface area contributed by atoms with Gasteiger partial charge in [0.1, 0.15) is 19.5 Å². The molecule has 6 heteroatoms. The van der Waals surface area contributed by atoms with Gasteiger partial charge in [0.05, 0.1) is 0 Å². The minimum absolute atomic E-state index is 0.378. The van der Waals surface area contributed by atoms with Crippen molar-refractivity contribution in [2.75, 3.05) is 7.11 Å². The summed E-state index contributed by atoms with van der Waals surface area (Å²) in [6.07, 6.45) is 0. The van der Waals surface area contributed by atoms with Gasteiger partial charge in [-0.2, -0.15) is 4.98 Å². The van der Waals surface area contributed by atoms with Crippen molar-refractivity contribution in [2.45, 2.75) is 27.4 Å². The van der Waals surface area contributed by atoms with Gasteiger partial charge >= 0.3 is 0 Å². The molecule has 0 saturated heterocycles. The molecule has 0 amide bonds. The fourth-order valence-corrected chi connectivity index (χ4v) is 2.59. The van der Waals surface area contributed by atoms with E-state index in [4.69, 9.17) is 14.1 Å². The normalized spacial score (nSPS) is 11.5. The van der Waals surface area contributed by atoms with E-state index in [0.29, 0.717) is 24.0 Å². The summed E-state index contributed by atoms with van der Waals surface area (Å²) in [5, 5.41) is 8.06. The van der Waals surface area contributed by atoms with Crippen LogP contribution in [-0.4, -0.2) is 23.0 Å². The highest BCUT2D eigenvalue weighted by Gasteiger charge is 2.18. The highest BCUT2D eigenvalue weighted by Crippen LogP contribution is 2.22.